The van der Waals surface area contributed by atoms with E-state index < -0.39 is 10.4 Å². The number of carbonyl (C=O) groups excluding carboxylic acids is 2. The van der Waals surface area contributed by atoms with Gasteiger partial charge in [0.15, 0.2) is 11.6 Å². The largest absolute Gasteiger partial charge is 1.00 e. The summed E-state index contributed by atoms with van der Waals surface area (Å²) in [5.41, 5.74) is 1.55. The Morgan fingerprint density at radius 2 is 1.53 bits per heavy atom. The molecule has 8 heteroatoms. The van der Waals surface area contributed by atoms with Gasteiger partial charge in [-0.3, -0.25) is 14.1 Å². The number of fused-ring (bicyclic) bond motifs is 1. The van der Waals surface area contributed by atoms with Crippen LogP contribution in [0, 0.1) is 0 Å². The average molecular weight is 292 g/mol. The van der Waals surface area contributed by atoms with Crippen molar-refractivity contribution in [2.75, 3.05) is 0 Å². The predicted octanol–water partition coefficient (Wildman–Crippen LogP) is -1.98. The van der Waals surface area contributed by atoms with Crippen LogP contribution >= 0.6 is 0 Å². The van der Waals surface area contributed by atoms with E-state index in [2.05, 4.69) is 0 Å². The van der Waals surface area contributed by atoms with Crippen LogP contribution in [0.1, 0.15) is 27.6 Å². The van der Waals surface area contributed by atoms with Crippen LogP contribution in [0.5, 0.6) is 0 Å². The molecule has 0 spiro atoms. The van der Waals surface area contributed by atoms with Crippen LogP contribution in [-0.2, 0) is 10.4 Å². The van der Waals surface area contributed by atoms with Crippen molar-refractivity contribution in [3.63, 3.8) is 0 Å². The Morgan fingerprint density at radius 1 is 1.11 bits per heavy atom. The molecule has 0 aliphatic heterocycles. The summed E-state index contributed by atoms with van der Waals surface area (Å²) >= 11 is 0. The molecule has 1 aliphatic rings. The average Bonchev–Trinajstić information content (AvgIpc) is 2.24. The first-order chi connectivity index (χ1) is 8.20. The topological polar surface area (TPSA) is 112 Å². The van der Waals surface area contributed by atoms with Crippen molar-refractivity contribution in [2.24, 2.45) is 0 Å². The molecular formula is C11H9NaO6S. The fourth-order valence-corrected chi connectivity index (χ4v) is 1.45. The summed E-state index contributed by atoms with van der Waals surface area (Å²) in [6.07, 6.45) is 1.39. The Kier molecular flexibility index (Phi) is 6.78. The van der Waals surface area contributed by atoms with Crippen LogP contribution < -0.4 is 29.6 Å². The van der Waals surface area contributed by atoms with Gasteiger partial charge in [0.2, 0.25) is 10.4 Å². The van der Waals surface area contributed by atoms with Gasteiger partial charge in [-0.1, -0.05) is 24.3 Å². The van der Waals surface area contributed by atoms with Gasteiger partial charge in [0.05, 0.1) is 0 Å². The number of hydrogen-bond donors (Lipinski definition) is 1. The molecule has 0 unspecified atom stereocenters. The molecule has 0 bridgehead atoms. The number of benzene rings is 1. The zero-order chi connectivity index (χ0) is 13.9. The maximum atomic E-state index is 11.5. The summed E-state index contributed by atoms with van der Waals surface area (Å²) in [6.45, 7) is 1.66. The molecule has 19 heavy (non-hydrogen) atoms. The molecule has 0 heterocycles. The maximum absolute atomic E-state index is 11.5. The molecule has 2 rings (SSSR count). The van der Waals surface area contributed by atoms with Gasteiger partial charge in [0.25, 0.3) is 0 Å². The summed E-state index contributed by atoms with van der Waals surface area (Å²) in [7, 11) is -4.92. The van der Waals surface area contributed by atoms with Crippen molar-refractivity contribution in [1.82, 2.24) is 0 Å². The Balaban J connectivity index is 0.000000471. The Labute approximate surface area is 132 Å². The van der Waals surface area contributed by atoms with E-state index in [1.54, 1.807) is 31.2 Å². The molecule has 6 nitrogen and oxygen atoms in total. The summed E-state index contributed by atoms with van der Waals surface area (Å²) < 4.78 is 32.8. The first kappa shape index (κ1) is 18.2. The van der Waals surface area contributed by atoms with Gasteiger partial charge in [-0.05, 0) is 13.0 Å². The molecule has 1 aromatic rings. The van der Waals surface area contributed by atoms with Crippen molar-refractivity contribution in [2.45, 2.75) is 6.92 Å². The molecule has 1 aromatic carbocycles. The normalized spacial score (nSPS) is 13.5. The van der Waals surface area contributed by atoms with Crippen LogP contribution in [0.25, 0.3) is 0 Å². The van der Waals surface area contributed by atoms with Crippen LogP contribution in [0.4, 0.5) is 0 Å². The first-order valence-electron chi connectivity index (χ1n) is 4.75. The second-order valence-electron chi connectivity index (χ2n) is 3.49. The Bertz CT molecular complexity index is 624. The minimum absolute atomic E-state index is 0. The molecule has 96 valence electrons. The van der Waals surface area contributed by atoms with Gasteiger partial charge < -0.3 is 4.55 Å². The maximum Gasteiger partial charge on any atom is 1.00 e. The van der Waals surface area contributed by atoms with Gasteiger partial charge in [-0.2, -0.15) is 0 Å². The number of rotatable bonds is 0. The molecule has 0 saturated heterocycles. The van der Waals surface area contributed by atoms with E-state index in [0.29, 0.717) is 16.7 Å². The molecular weight excluding hydrogens is 283 g/mol. The van der Waals surface area contributed by atoms with Crippen molar-refractivity contribution in [3.05, 3.63) is 47.0 Å². The Hall–Kier alpha value is -0.830. The molecule has 1 aliphatic carbocycles. The first-order valence-corrected chi connectivity index (χ1v) is 6.11. The molecule has 0 amide bonds. The second kappa shape index (κ2) is 7.09. The van der Waals surface area contributed by atoms with Crippen molar-refractivity contribution >= 4 is 22.0 Å². The summed E-state index contributed by atoms with van der Waals surface area (Å²) in [5.74, 6) is -0.122. The van der Waals surface area contributed by atoms with Crippen molar-refractivity contribution < 1.29 is 56.7 Å². The third-order valence-corrected chi connectivity index (χ3v) is 2.14. The summed E-state index contributed by atoms with van der Waals surface area (Å²) in [5, 5.41) is 0. The van der Waals surface area contributed by atoms with E-state index in [1.165, 1.54) is 6.08 Å². The molecule has 0 aromatic heterocycles. The minimum atomic E-state index is -4.92. The van der Waals surface area contributed by atoms with Gasteiger partial charge in [0, 0.05) is 16.7 Å². The number of hydrogen-bond acceptors (Lipinski definition) is 5. The zero-order valence-corrected chi connectivity index (χ0v) is 13.1. The van der Waals surface area contributed by atoms with Crippen LogP contribution in [0.15, 0.2) is 35.9 Å². The molecule has 1 N–H and O–H groups in total. The third-order valence-electron chi connectivity index (χ3n) is 2.14. The SMILES string of the molecule is CC1=CC(=O)c2ccccc2C1=O.O=S(=O)([O-])O.[Na+]. The summed E-state index contributed by atoms with van der Waals surface area (Å²) in [4.78, 5) is 23.0. The zero-order valence-electron chi connectivity index (χ0n) is 10.3. The fraction of sp³-hybridized carbons (Fsp3) is 0.0909. The minimum Gasteiger partial charge on any atom is -0.726 e. The standard InChI is InChI=1S/C11H8O2.Na.H2O4S/c1-7-6-10(12)8-4-2-3-5-9(8)11(7)13;;1-5(2,3)4/h2-6H,1H3;;(H2,1,2,3,4)/q;+1;/p-1. The summed E-state index contributed by atoms with van der Waals surface area (Å²) in [6, 6.07) is 6.89. The molecule has 0 saturated carbocycles. The van der Waals surface area contributed by atoms with E-state index >= 15 is 0 Å². The van der Waals surface area contributed by atoms with Crippen LogP contribution in [0.3, 0.4) is 0 Å². The van der Waals surface area contributed by atoms with Gasteiger partial charge in [-0.15, -0.1) is 0 Å². The predicted molar refractivity (Wildman–Crippen MR) is 61.2 cm³/mol. The molecule has 0 atom stereocenters. The second-order valence-corrected chi connectivity index (χ2v) is 4.35. The third kappa shape index (κ3) is 5.77. The van der Waals surface area contributed by atoms with Gasteiger partial charge in [0.1, 0.15) is 0 Å². The quantitative estimate of drug-likeness (QED) is 0.337. The molecule has 0 radical (unpaired) electrons. The van der Waals surface area contributed by atoms with E-state index in [4.69, 9.17) is 17.5 Å². The van der Waals surface area contributed by atoms with Crippen molar-refractivity contribution in [3.8, 4) is 0 Å². The monoisotopic (exact) mass is 292 g/mol. The fourth-order valence-electron chi connectivity index (χ4n) is 1.45. The van der Waals surface area contributed by atoms with Gasteiger partial charge >= 0.3 is 29.6 Å². The number of Topliss-reactive ketones (excluding diaryl/α,β-unsaturated/α-hetero) is 1. The molecule has 0 fully saturated rings. The number of carbonyl (C=O) groups is 2. The van der Waals surface area contributed by atoms with Crippen molar-refractivity contribution in [1.29, 1.82) is 0 Å². The smallest absolute Gasteiger partial charge is 0.726 e. The van der Waals surface area contributed by atoms with Crippen LogP contribution in [0.2, 0.25) is 0 Å². The van der Waals surface area contributed by atoms with Gasteiger partial charge in [-0.25, -0.2) is 8.42 Å². The van der Waals surface area contributed by atoms with E-state index in [1.807, 2.05) is 0 Å². The van der Waals surface area contributed by atoms with E-state index in [9.17, 15) is 9.59 Å². The van der Waals surface area contributed by atoms with Crippen LogP contribution in [-0.4, -0.2) is 29.1 Å². The van der Waals surface area contributed by atoms with E-state index in [-0.39, 0.29) is 41.1 Å². The number of allylic oxidation sites excluding steroid dienone is 2. The number of ketones is 2. The Morgan fingerprint density at radius 3 is 2.00 bits per heavy atom. The van der Waals surface area contributed by atoms with E-state index in [0.717, 1.165) is 0 Å².